The number of hydrogen-bond acceptors (Lipinski definition) is 7. The van der Waals surface area contributed by atoms with Crippen LogP contribution in [0.2, 0.25) is 0 Å². The molecule has 6 nitrogen and oxygen atoms in total. The Balaban J connectivity index is 1.80. The first-order valence-electron chi connectivity index (χ1n) is 8.66. The number of nitrogens with zero attached hydrogens (tertiary/aromatic N) is 1. The number of thiazole rings is 1. The Morgan fingerprint density at radius 2 is 1.89 bits per heavy atom. The maximum Gasteiger partial charge on any atom is 0.250 e. The summed E-state index contributed by atoms with van der Waals surface area (Å²) < 4.78 is 39.2. The molecule has 0 radical (unpaired) electrons. The molecule has 0 aliphatic carbocycles. The van der Waals surface area contributed by atoms with E-state index in [9.17, 15) is 8.42 Å². The molecule has 0 aliphatic rings. The highest BCUT2D eigenvalue weighted by Gasteiger charge is 2.22. The molecule has 2 aromatic heterocycles. The third-order valence-electron chi connectivity index (χ3n) is 4.21. The van der Waals surface area contributed by atoms with Crippen LogP contribution in [-0.4, -0.2) is 27.6 Å². The molecular weight excluding hydrogens is 416 g/mol. The molecule has 0 amide bonds. The number of ether oxygens (including phenoxy) is 2. The van der Waals surface area contributed by atoms with Gasteiger partial charge in [0, 0.05) is 11.4 Å². The predicted octanol–water partition coefficient (Wildman–Crippen LogP) is 4.49. The fourth-order valence-corrected chi connectivity index (χ4v) is 6.17. The average molecular weight is 439 g/mol. The van der Waals surface area contributed by atoms with Crippen LogP contribution in [-0.2, 0) is 16.4 Å². The molecule has 150 valence electrons. The number of benzene rings is 1. The Hall–Kier alpha value is -1.94. The summed E-state index contributed by atoms with van der Waals surface area (Å²) in [4.78, 5) is 5.38. The van der Waals surface area contributed by atoms with Gasteiger partial charge in [-0.3, -0.25) is 0 Å². The fraction of sp³-hybridized carbons (Fsp3) is 0.316. The van der Waals surface area contributed by atoms with Crippen LogP contribution in [0, 0.1) is 0 Å². The summed E-state index contributed by atoms with van der Waals surface area (Å²) in [7, 11) is -0.548. The van der Waals surface area contributed by atoms with E-state index in [4.69, 9.17) is 9.47 Å². The number of methoxy groups -OCH3 is 2. The number of sulfonamides is 1. The first kappa shape index (κ1) is 20.8. The van der Waals surface area contributed by atoms with Gasteiger partial charge in [-0.15, -0.1) is 22.7 Å². The van der Waals surface area contributed by atoms with E-state index in [2.05, 4.69) is 9.71 Å². The van der Waals surface area contributed by atoms with E-state index in [0.717, 1.165) is 27.6 Å². The summed E-state index contributed by atoms with van der Waals surface area (Å²) >= 11 is 2.75. The molecule has 1 atom stereocenters. The number of thiophene rings is 1. The molecule has 0 saturated heterocycles. The molecule has 2 heterocycles. The van der Waals surface area contributed by atoms with Crippen molar-refractivity contribution >= 4 is 32.7 Å². The van der Waals surface area contributed by atoms with E-state index in [-0.39, 0.29) is 4.21 Å². The molecule has 0 spiro atoms. The lowest BCUT2D eigenvalue weighted by Crippen LogP contribution is -2.26. The Bertz CT molecular complexity index is 1060. The van der Waals surface area contributed by atoms with Gasteiger partial charge in [0.2, 0.25) is 0 Å². The molecule has 3 rings (SSSR count). The minimum Gasteiger partial charge on any atom is -0.493 e. The van der Waals surface area contributed by atoms with E-state index in [1.807, 2.05) is 18.4 Å². The predicted molar refractivity (Wildman–Crippen MR) is 113 cm³/mol. The van der Waals surface area contributed by atoms with Gasteiger partial charge in [-0.05, 0) is 43.2 Å². The SMILES string of the molecule is CCc1csc(-c2ccc(S(=O)(=O)NC(C)c3ccc(OC)c(OC)c3)s2)n1. The van der Waals surface area contributed by atoms with Crippen LogP contribution in [0.15, 0.2) is 39.9 Å². The molecule has 1 aromatic carbocycles. The van der Waals surface area contributed by atoms with Crippen LogP contribution in [0.25, 0.3) is 9.88 Å². The molecule has 0 aliphatic heterocycles. The van der Waals surface area contributed by atoms with Gasteiger partial charge in [-0.25, -0.2) is 18.1 Å². The summed E-state index contributed by atoms with van der Waals surface area (Å²) in [5.41, 5.74) is 1.79. The zero-order valence-electron chi connectivity index (χ0n) is 16.1. The molecule has 0 saturated carbocycles. The highest BCUT2D eigenvalue weighted by molar-refractivity contribution is 7.91. The molecular formula is C19H22N2O4S3. The van der Waals surface area contributed by atoms with Crippen LogP contribution in [0.1, 0.15) is 31.1 Å². The van der Waals surface area contributed by atoms with Crippen LogP contribution < -0.4 is 14.2 Å². The van der Waals surface area contributed by atoms with Gasteiger partial charge in [-0.1, -0.05) is 13.0 Å². The van der Waals surface area contributed by atoms with Gasteiger partial charge in [0.1, 0.15) is 9.22 Å². The molecule has 9 heteroatoms. The third-order valence-corrected chi connectivity index (χ3v) is 8.39. The van der Waals surface area contributed by atoms with E-state index in [0.29, 0.717) is 11.5 Å². The van der Waals surface area contributed by atoms with Crippen LogP contribution in [0.3, 0.4) is 0 Å². The Morgan fingerprint density at radius 3 is 2.54 bits per heavy atom. The zero-order chi connectivity index (χ0) is 20.3. The van der Waals surface area contributed by atoms with Crippen molar-refractivity contribution in [3.63, 3.8) is 0 Å². The normalized spacial score (nSPS) is 12.7. The Kier molecular flexibility index (Phi) is 6.39. The average Bonchev–Trinajstić information content (AvgIpc) is 3.36. The zero-order valence-corrected chi connectivity index (χ0v) is 18.5. The van der Waals surface area contributed by atoms with E-state index >= 15 is 0 Å². The van der Waals surface area contributed by atoms with Gasteiger partial charge >= 0.3 is 0 Å². The second-order valence-corrected chi connectivity index (χ2v) is 9.96. The molecule has 3 aromatic rings. The van der Waals surface area contributed by atoms with Crippen molar-refractivity contribution in [2.45, 2.75) is 30.5 Å². The molecule has 0 bridgehead atoms. The first-order valence-corrected chi connectivity index (χ1v) is 11.8. The van der Waals surface area contributed by atoms with Gasteiger partial charge in [0.25, 0.3) is 10.0 Å². The monoisotopic (exact) mass is 438 g/mol. The van der Waals surface area contributed by atoms with Gasteiger partial charge in [0.05, 0.1) is 24.8 Å². The third kappa shape index (κ3) is 4.38. The van der Waals surface area contributed by atoms with Gasteiger partial charge < -0.3 is 9.47 Å². The van der Waals surface area contributed by atoms with E-state index in [1.165, 1.54) is 22.7 Å². The lowest BCUT2D eigenvalue weighted by Gasteiger charge is -2.16. The first-order chi connectivity index (χ1) is 13.4. The standard InChI is InChI=1S/C19H22N2O4S3/c1-5-14-11-26-19(20-14)17-8-9-18(27-17)28(22,23)21-12(2)13-6-7-15(24-3)16(10-13)25-4/h6-12,21H,5H2,1-4H3. The van der Waals surface area contributed by atoms with Gasteiger partial charge in [-0.2, -0.15) is 0 Å². The van der Waals surface area contributed by atoms with Crippen molar-refractivity contribution in [3.8, 4) is 21.4 Å². The highest BCUT2D eigenvalue weighted by atomic mass is 32.2. The summed E-state index contributed by atoms with van der Waals surface area (Å²) in [6.45, 7) is 3.84. The Morgan fingerprint density at radius 1 is 1.14 bits per heavy atom. The largest absolute Gasteiger partial charge is 0.493 e. The summed E-state index contributed by atoms with van der Waals surface area (Å²) in [5, 5.41) is 2.84. The number of aryl methyl sites for hydroxylation is 1. The maximum absolute atomic E-state index is 12.8. The molecule has 28 heavy (non-hydrogen) atoms. The topological polar surface area (TPSA) is 77.5 Å². The maximum atomic E-state index is 12.8. The fourth-order valence-electron chi connectivity index (χ4n) is 2.64. The number of aromatic nitrogens is 1. The van der Waals surface area contributed by atoms with Crippen molar-refractivity contribution in [3.05, 3.63) is 47.0 Å². The molecule has 0 fully saturated rings. The van der Waals surface area contributed by atoms with Crippen LogP contribution in [0.5, 0.6) is 11.5 Å². The van der Waals surface area contributed by atoms with Crippen molar-refractivity contribution < 1.29 is 17.9 Å². The van der Waals surface area contributed by atoms with Crippen LogP contribution in [0.4, 0.5) is 0 Å². The van der Waals surface area contributed by atoms with Crippen molar-refractivity contribution in [2.24, 2.45) is 0 Å². The number of hydrogen-bond donors (Lipinski definition) is 1. The number of rotatable bonds is 8. The van der Waals surface area contributed by atoms with E-state index in [1.54, 1.807) is 45.4 Å². The minimum atomic E-state index is -3.66. The lowest BCUT2D eigenvalue weighted by atomic mass is 10.1. The van der Waals surface area contributed by atoms with E-state index < -0.39 is 16.1 Å². The second kappa shape index (κ2) is 8.60. The van der Waals surface area contributed by atoms with Gasteiger partial charge in [0.15, 0.2) is 11.5 Å². The quantitative estimate of drug-likeness (QED) is 0.561. The summed E-state index contributed by atoms with van der Waals surface area (Å²) in [5.74, 6) is 1.15. The van der Waals surface area contributed by atoms with Crippen molar-refractivity contribution in [1.82, 2.24) is 9.71 Å². The highest BCUT2D eigenvalue weighted by Crippen LogP contribution is 2.34. The number of nitrogens with one attached hydrogen (secondary N) is 1. The lowest BCUT2D eigenvalue weighted by molar-refractivity contribution is 0.354. The van der Waals surface area contributed by atoms with Crippen LogP contribution >= 0.6 is 22.7 Å². The summed E-state index contributed by atoms with van der Waals surface area (Å²) in [6.07, 6.45) is 0.859. The smallest absolute Gasteiger partial charge is 0.250 e. The second-order valence-electron chi connectivity index (χ2n) is 6.07. The summed E-state index contributed by atoms with van der Waals surface area (Å²) in [6, 6.07) is 8.34. The molecule has 1 N–H and O–H groups in total. The molecule has 1 unspecified atom stereocenters. The Labute approximate surface area is 173 Å². The van der Waals surface area contributed by atoms with Crippen molar-refractivity contribution in [1.29, 1.82) is 0 Å². The van der Waals surface area contributed by atoms with Crippen molar-refractivity contribution in [2.75, 3.05) is 14.2 Å². The minimum absolute atomic E-state index is 0.267.